The standard InChI is InChI=1S/C21H17FN4O3/c22-16-7-3-1-6-14(16)18-12-24-20(29-18)10-9-19(27)25-26-21(28)15-11-23-17-8-4-2-5-13(15)17/h1-8,11-12,23H,9-10H2,(H,25,27)(H,26,28). The third-order valence-corrected chi connectivity index (χ3v) is 4.41. The quantitative estimate of drug-likeness (QED) is 0.454. The molecule has 0 aliphatic carbocycles. The Morgan fingerprint density at radius 1 is 1.07 bits per heavy atom. The lowest BCUT2D eigenvalue weighted by Crippen LogP contribution is -2.41. The highest BCUT2D eigenvalue weighted by Gasteiger charge is 2.14. The molecule has 0 fully saturated rings. The molecule has 2 heterocycles. The molecular weight excluding hydrogens is 375 g/mol. The Morgan fingerprint density at radius 3 is 2.72 bits per heavy atom. The number of carbonyl (C=O) groups excluding carboxylic acids is 2. The smallest absolute Gasteiger partial charge is 0.271 e. The zero-order chi connectivity index (χ0) is 20.2. The summed E-state index contributed by atoms with van der Waals surface area (Å²) >= 11 is 0. The van der Waals surface area contributed by atoms with Crippen LogP contribution in [0.5, 0.6) is 0 Å². The molecule has 2 aromatic heterocycles. The van der Waals surface area contributed by atoms with Crippen molar-refractivity contribution in [2.45, 2.75) is 12.8 Å². The van der Waals surface area contributed by atoms with Gasteiger partial charge in [0, 0.05) is 29.9 Å². The van der Waals surface area contributed by atoms with Gasteiger partial charge in [0.25, 0.3) is 5.91 Å². The average Bonchev–Trinajstić information content (AvgIpc) is 3.38. The minimum atomic E-state index is -0.422. The molecule has 2 aromatic carbocycles. The summed E-state index contributed by atoms with van der Waals surface area (Å²) in [7, 11) is 0. The molecular formula is C21H17FN4O3. The van der Waals surface area contributed by atoms with Gasteiger partial charge in [0.1, 0.15) is 5.82 Å². The molecule has 3 N–H and O–H groups in total. The SMILES string of the molecule is O=C(CCc1ncc(-c2ccccc2F)o1)NNC(=O)c1c[nH]c2ccccc12. The van der Waals surface area contributed by atoms with Crippen LogP contribution in [0.25, 0.3) is 22.2 Å². The van der Waals surface area contributed by atoms with Crippen molar-refractivity contribution in [1.82, 2.24) is 20.8 Å². The van der Waals surface area contributed by atoms with Crippen molar-refractivity contribution in [3.05, 3.63) is 78.2 Å². The van der Waals surface area contributed by atoms with Crippen LogP contribution in [0.15, 0.2) is 65.3 Å². The van der Waals surface area contributed by atoms with Crippen LogP contribution in [0.4, 0.5) is 4.39 Å². The van der Waals surface area contributed by atoms with E-state index in [1.54, 1.807) is 24.4 Å². The number of hydrazine groups is 1. The molecule has 0 spiro atoms. The summed E-state index contributed by atoms with van der Waals surface area (Å²) in [6, 6.07) is 13.6. The first-order chi connectivity index (χ1) is 14.1. The number of aromatic nitrogens is 2. The predicted molar refractivity (Wildman–Crippen MR) is 104 cm³/mol. The van der Waals surface area contributed by atoms with Gasteiger partial charge in [-0.1, -0.05) is 30.3 Å². The van der Waals surface area contributed by atoms with Crippen molar-refractivity contribution in [2.75, 3.05) is 0 Å². The molecule has 0 saturated heterocycles. The van der Waals surface area contributed by atoms with E-state index in [0.29, 0.717) is 22.8 Å². The number of rotatable bonds is 5. The largest absolute Gasteiger partial charge is 0.441 e. The maximum absolute atomic E-state index is 13.8. The number of nitrogens with one attached hydrogen (secondary N) is 3. The second-order valence-electron chi connectivity index (χ2n) is 6.35. The summed E-state index contributed by atoms with van der Waals surface area (Å²) in [6.45, 7) is 0. The first kappa shape index (κ1) is 18.4. The molecule has 146 valence electrons. The molecule has 29 heavy (non-hydrogen) atoms. The number of nitrogens with zero attached hydrogens (tertiary/aromatic N) is 1. The van der Waals surface area contributed by atoms with Crippen LogP contribution in [-0.4, -0.2) is 21.8 Å². The van der Waals surface area contributed by atoms with Gasteiger partial charge in [0.05, 0.1) is 17.3 Å². The molecule has 0 unspecified atom stereocenters. The van der Waals surface area contributed by atoms with E-state index in [9.17, 15) is 14.0 Å². The van der Waals surface area contributed by atoms with Crippen molar-refractivity contribution >= 4 is 22.7 Å². The third-order valence-electron chi connectivity index (χ3n) is 4.41. The van der Waals surface area contributed by atoms with Crippen molar-refractivity contribution in [3.63, 3.8) is 0 Å². The highest BCUT2D eigenvalue weighted by Crippen LogP contribution is 2.23. The molecule has 2 amide bonds. The fourth-order valence-electron chi connectivity index (χ4n) is 2.95. The highest BCUT2D eigenvalue weighted by molar-refractivity contribution is 6.07. The number of amides is 2. The normalized spacial score (nSPS) is 10.8. The number of fused-ring (bicyclic) bond motifs is 1. The summed E-state index contributed by atoms with van der Waals surface area (Å²) in [6.07, 6.45) is 3.27. The highest BCUT2D eigenvalue weighted by atomic mass is 19.1. The number of halogens is 1. The Labute approximate surface area is 164 Å². The summed E-state index contributed by atoms with van der Waals surface area (Å²) in [5.41, 5.74) is 6.34. The zero-order valence-electron chi connectivity index (χ0n) is 15.2. The van der Waals surface area contributed by atoms with Gasteiger partial charge < -0.3 is 9.40 Å². The van der Waals surface area contributed by atoms with Crippen molar-refractivity contribution in [3.8, 4) is 11.3 Å². The van der Waals surface area contributed by atoms with Crippen LogP contribution < -0.4 is 10.9 Å². The van der Waals surface area contributed by atoms with E-state index in [1.807, 2.05) is 24.3 Å². The van der Waals surface area contributed by atoms with Crippen LogP contribution in [0.2, 0.25) is 0 Å². The maximum atomic E-state index is 13.8. The van der Waals surface area contributed by atoms with E-state index in [2.05, 4.69) is 20.8 Å². The fraction of sp³-hybridized carbons (Fsp3) is 0.0952. The number of H-pyrrole nitrogens is 1. The Bertz CT molecular complexity index is 1180. The summed E-state index contributed by atoms with van der Waals surface area (Å²) in [4.78, 5) is 31.4. The van der Waals surface area contributed by atoms with Gasteiger partial charge in [-0.2, -0.15) is 0 Å². The monoisotopic (exact) mass is 392 g/mol. The number of para-hydroxylation sites is 1. The van der Waals surface area contributed by atoms with Crippen LogP contribution >= 0.6 is 0 Å². The minimum absolute atomic E-state index is 0.0470. The van der Waals surface area contributed by atoms with Gasteiger partial charge in [-0.3, -0.25) is 20.4 Å². The molecule has 0 saturated carbocycles. The van der Waals surface area contributed by atoms with Crippen LogP contribution in [0.3, 0.4) is 0 Å². The second-order valence-corrected chi connectivity index (χ2v) is 6.35. The lowest BCUT2D eigenvalue weighted by atomic mass is 10.2. The Kier molecular flexibility index (Phi) is 5.07. The van der Waals surface area contributed by atoms with Crippen LogP contribution in [-0.2, 0) is 11.2 Å². The Balaban J connectivity index is 1.30. The number of benzene rings is 2. The molecule has 8 heteroatoms. The summed E-state index contributed by atoms with van der Waals surface area (Å²) in [5, 5.41) is 0.764. The van der Waals surface area contributed by atoms with Gasteiger partial charge in [0.2, 0.25) is 5.91 Å². The van der Waals surface area contributed by atoms with Gasteiger partial charge in [-0.25, -0.2) is 9.37 Å². The zero-order valence-corrected chi connectivity index (χ0v) is 15.2. The molecule has 0 radical (unpaired) electrons. The lowest BCUT2D eigenvalue weighted by Gasteiger charge is -2.06. The van der Waals surface area contributed by atoms with E-state index in [4.69, 9.17) is 4.42 Å². The summed E-state index contributed by atoms with van der Waals surface area (Å²) < 4.78 is 19.3. The van der Waals surface area contributed by atoms with Gasteiger partial charge in [-0.15, -0.1) is 0 Å². The third kappa shape index (κ3) is 4.01. The van der Waals surface area contributed by atoms with E-state index >= 15 is 0 Å². The number of aromatic amines is 1. The Hall–Kier alpha value is -3.94. The average molecular weight is 392 g/mol. The first-order valence-corrected chi connectivity index (χ1v) is 8.97. The number of carbonyl (C=O) groups is 2. The molecule has 7 nitrogen and oxygen atoms in total. The van der Waals surface area contributed by atoms with Crippen LogP contribution in [0, 0.1) is 5.82 Å². The fourth-order valence-corrected chi connectivity index (χ4v) is 2.95. The first-order valence-electron chi connectivity index (χ1n) is 8.97. The van der Waals surface area contributed by atoms with Gasteiger partial charge >= 0.3 is 0 Å². The molecule has 0 atom stereocenters. The lowest BCUT2D eigenvalue weighted by molar-refractivity contribution is -0.121. The van der Waals surface area contributed by atoms with Crippen molar-refractivity contribution < 1.29 is 18.4 Å². The molecule has 0 bridgehead atoms. The number of hydrogen-bond acceptors (Lipinski definition) is 4. The number of oxazole rings is 1. The van der Waals surface area contributed by atoms with Crippen LogP contribution in [0.1, 0.15) is 22.7 Å². The molecule has 0 aliphatic rings. The summed E-state index contributed by atoms with van der Waals surface area (Å²) in [5.74, 6) is -0.627. The molecule has 0 aliphatic heterocycles. The second kappa shape index (κ2) is 7.97. The minimum Gasteiger partial charge on any atom is -0.441 e. The molecule has 4 rings (SSSR count). The number of aryl methyl sites for hydroxylation is 1. The Morgan fingerprint density at radius 2 is 1.86 bits per heavy atom. The van der Waals surface area contributed by atoms with E-state index < -0.39 is 17.6 Å². The topological polar surface area (TPSA) is 100 Å². The number of hydrogen-bond donors (Lipinski definition) is 3. The van der Waals surface area contributed by atoms with E-state index in [1.165, 1.54) is 12.3 Å². The predicted octanol–water partition coefficient (Wildman–Crippen LogP) is 3.36. The van der Waals surface area contributed by atoms with Crippen molar-refractivity contribution in [2.24, 2.45) is 0 Å². The maximum Gasteiger partial charge on any atom is 0.271 e. The van der Waals surface area contributed by atoms with E-state index in [-0.39, 0.29) is 12.8 Å². The van der Waals surface area contributed by atoms with Gasteiger partial charge in [-0.05, 0) is 18.2 Å². The molecule has 4 aromatic rings. The van der Waals surface area contributed by atoms with Crippen molar-refractivity contribution in [1.29, 1.82) is 0 Å². The van der Waals surface area contributed by atoms with Gasteiger partial charge in [0.15, 0.2) is 11.7 Å². The van der Waals surface area contributed by atoms with E-state index in [0.717, 1.165) is 10.9 Å².